The zero-order chi connectivity index (χ0) is 20.2. The van der Waals surface area contributed by atoms with Gasteiger partial charge in [-0.25, -0.2) is 0 Å². The average molecular weight is 520 g/mol. The Morgan fingerprint density at radius 3 is 2.76 bits per heavy atom. The summed E-state index contributed by atoms with van der Waals surface area (Å²) in [7, 11) is 7.40. The van der Waals surface area contributed by atoms with Crippen LogP contribution in [0.1, 0.15) is 12.0 Å². The van der Waals surface area contributed by atoms with Crippen LogP contribution in [-0.2, 0) is 16.0 Å². The van der Waals surface area contributed by atoms with E-state index in [-0.39, 0.29) is 24.0 Å². The third-order valence-corrected chi connectivity index (χ3v) is 4.97. The van der Waals surface area contributed by atoms with Crippen LogP contribution in [0.15, 0.2) is 29.3 Å². The molecule has 1 heterocycles. The number of nitrogens with zero attached hydrogens (tertiary/aromatic N) is 3. The first-order valence-corrected chi connectivity index (χ1v) is 10.00. The molecule has 1 aliphatic rings. The topological polar surface area (TPSA) is 58.6 Å². The summed E-state index contributed by atoms with van der Waals surface area (Å²) in [5.74, 6) is 2.43. The molecule has 0 saturated carbocycles. The highest BCUT2D eigenvalue weighted by molar-refractivity contribution is 14.0. The number of guanidine groups is 1. The number of rotatable bonds is 11. The van der Waals surface area contributed by atoms with Gasteiger partial charge in [0.2, 0.25) is 0 Å². The Bertz CT molecular complexity index is 603. The van der Waals surface area contributed by atoms with Crippen molar-refractivity contribution in [2.24, 2.45) is 10.9 Å². The van der Waals surface area contributed by atoms with Crippen molar-refractivity contribution < 1.29 is 14.2 Å². The lowest BCUT2D eigenvalue weighted by molar-refractivity contribution is 0.150. The van der Waals surface area contributed by atoms with E-state index in [0.29, 0.717) is 12.5 Å². The van der Waals surface area contributed by atoms with Crippen LogP contribution < -0.4 is 10.1 Å². The number of nitrogens with one attached hydrogen (secondary N) is 1. The minimum Gasteiger partial charge on any atom is -0.492 e. The first kappa shape index (κ1) is 25.9. The van der Waals surface area contributed by atoms with Crippen molar-refractivity contribution in [3.05, 3.63) is 29.8 Å². The van der Waals surface area contributed by atoms with E-state index in [2.05, 4.69) is 39.3 Å². The van der Waals surface area contributed by atoms with Crippen molar-refractivity contribution in [3.63, 3.8) is 0 Å². The van der Waals surface area contributed by atoms with E-state index in [0.717, 1.165) is 64.1 Å². The second-order valence-electron chi connectivity index (χ2n) is 7.25. The molecular weight excluding hydrogens is 483 g/mol. The number of benzene rings is 1. The Hall–Kier alpha value is -1.10. The van der Waals surface area contributed by atoms with E-state index < -0.39 is 0 Å². The second-order valence-corrected chi connectivity index (χ2v) is 7.25. The van der Waals surface area contributed by atoms with Gasteiger partial charge in [0, 0.05) is 59.9 Å². The lowest BCUT2D eigenvalue weighted by atomic mass is 10.1. The lowest BCUT2D eigenvalue weighted by Gasteiger charge is -2.22. The van der Waals surface area contributed by atoms with Crippen LogP contribution in [-0.4, -0.2) is 90.1 Å². The molecule has 1 fully saturated rings. The third kappa shape index (κ3) is 9.50. The van der Waals surface area contributed by atoms with E-state index in [1.54, 1.807) is 14.2 Å². The molecule has 1 aliphatic heterocycles. The highest BCUT2D eigenvalue weighted by Crippen LogP contribution is 2.17. The van der Waals surface area contributed by atoms with Gasteiger partial charge < -0.3 is 29.3 Å². The molecule has 0 aromatic heterocycles. The molecule has 2 rings (SSSR count). The Morgan fingerprint density at radius 2 is 2.03 bits per heavy atom. The number of likely N-dealkylation sites (N-methyl/N-ethyl adjacent to an activating group) is 1. The highest BCUT2D eigenvalue weighted by atomic mass is 127. The van der Waals surface area contributed by atoms with E-state index in [9.17, 15) is 0 Å². The van der Waals surface area contributed by atoms with Gasteiger partial charge in [-0.3, -0.25) is 4.99 Å². The van der Waals surface area contributed by atoms with Gasteiger partial charge in [0.15, 0.2) is 5.96 Å². The first-order valence-electron chi connectivity index (χ1n) is 10.00. The zero-order valence-corrected chi connectivity index (χ0v) is 20.6. The number of aliphatic imine (C=N–C) groups is 1. The van der Waals surface area contributed by atoms with Crippen LogP contribution >= 0.6 is 24.0 Å². The van der Waals surface area contributed by atoms with Gasteiger partial charge in [0.05, 0.1) is 13.2 Å². The van der Waals surface area contributed by atoms with Crippen molar-refractivity contribution in [1.82, 2.24) is 15.1 Å². The summed E-state index contributed by atoms with van der Waals surface area (Å²) in [4.78, 5) is 8.94. The van der Waals surface area contributed by atoms with Gasteiger partial charge in [0.1, 0.15) is 12.4 Å². The number of likely N-dealkylation sites (tertiary alicyclic amines) is 1. The first-order chi connectivity index (χ1) is 13.7. The van der Waals surface area contributed by atoms with Crippen LogP contribution in [0.25, 0.3) is 0 Å². The standard InChI is InChI=1S/C21H36N4O3.HI/c1-22-21(25-9-8-19(16-25)17-27-4)23-15-18-6-5-7-20(14-18)28-13-11-24(2)10-12-26-3;/h5-7,14,19H,8-13,15-17H2,1-4H3,(H,22,23);1H. The molecule has 0 spiro atoms. The fraction of sp³-hybridized carbons (Fsp3) is 0.667. The molecule has 1 saturated heterocycles. The molecule has 166 valence electrons. The molecule has 1 aromatic carbocycles. The molecule has 1 N–H and O–H groups in total. The van der Waals surface area contributed by atoms with E-state index in [4.69, 9.17) is 14.2 Å². The molecule has 1 aromatic rings. The van der Waals surface area contributed by atoms with Crippen LogP contribution in [0.4, 0.5) is 0 Å². The molecule has 0 aliphatic carbocycles. The van der Waals surface area contributed by atoms with Crippen LogP contribution in [0.5, 0.6) is 5.75 Å². The molecule has 1 unspecified atom stereocenters. The molecule has 1 atom stereocenters. The van der Waals surface area contributed by atoms with Gasteiger partial charge in [-0.1, -0.05) is 12.1 Å². The predicted octanol–water partition coefficient (Wildman–Crippen LogP) is 2.31. The van der Waals surface area contributed by atoms with Crippen molar-refractivity contribution >= 4 is 29.9 Å². The molecule has 29 heavy (non-hydrogen) atoms. The highest BCUT2D eigenvalue weighted by Gasteiger charge is 2.24. The molecule has 8 heteroatoms. The van der Waals surface area contributed by atoms with Crippen molar-refractivity contribution in [2.75, 3.05) is 74.3 Å². The van der Waals surface area contributed by atoms with E-state index >= 15 is 0 Å². The van der Waals surface area contributed by atoms with Crippen molar-refractivity contribution in [1.29, 1.82) is 0 Å². The summed E-state index contributed by atoms with van der Waals surface area (Å²) < 4.78 is 16.3. The summed E-state index contributed by atoms with van der Waals surface area (Å²) >= 11 is 0. The summed E-state index contributed by atoms with van der Waals surface area (Å²) in [5, 5.41) is 3.47. The predicted molar refractivity (Wildman–Crippen MR) is 128 cm³/mol. The zero-order valence-electron chi connectivity index (χ0n) is 18.2. The van der Waals surface area contributed by atoms with Gasteiger partial charge in [-0.15, -0.1) is 24.0 Å². The summed E-state index contributed by atoms with van der Waals surface area (Å²) in [6, 6.07) is 8.24. The van der Waals surface area contributed by atoms with Crippen LogP contribution in [0.2, 0.25) is 0 Å². The van der Waals surface area contributed by atoms with E-state index in [1.807, 2.05) is 19.2 Å². The number of halogens is 1. The van der Waals surface area contributed by atoms with Crippen molar-refractivity contribution in [3.8, 4) is 5.75 Å². The Morgan fingerprint density at radius 1 is 1.24 bits per heavy atom. The lowest BCUT2D eigenvalue weighted by Crippen LogP contribution is -2.39. The minimum absolute atomic E-state index is 0. The van der Waals surface area contributed by atoms with Gasteiger partial charge in [-0.05, 0) is 31.2 Å². The monoisotopic (exact) mass is 520 g/mol. The number of ether oxygens (including phenoxy) is 3. The molecular formula is C21H37IN4O3. The van der Waals surface area contributed by atoms with E-state index in [1.165, 1.54) is 5.56 Å². The SMILES string of the molecule is CN=C(NCc1cccc(OCCN(C)CCOC)c1)N1CCC(COC)C1.I. The van der Waals surface area contributed by atoms with Crippen molar-refractivity contribution in [2.45, 2.75) is 13.0 Å². The number of hydrogen-bond donors (Lipinski definition) is 1. The average Bonchev–Trinajstić information content (AvgIpc) is 3.16. The quantitative estimate of drug-likeness (QED) is 0.275. The fourth-order valence-corrected chi connectivity index (χ4v) is 3.33. The summed E-state index contributed by atoms with van der Waals surface area (Å²) in [6.07, 6.45) is 1.15. The molecule has 0 amide bonds. The van der Waals surface area contributed by atoms with Gasteiger partial charge >= 0.3 is 0 Å². The maximum absolute atomic E-state index is 5.91. The smallest absolute Gasteiger partial charge is 0.193 e. The summed E-state index contributed by atoms with van der Waals surface area (Å²) in [5.41, 5.74) is 1.18. The Labute approximate surface area is 192 Å². The molecule has 0 bridgehead atoms. The number of hydrogen-bond acceptors (Lipinski definition) is 5. The molecule has 7 nitrogen and oxygen atoms in total. The fourth-order valence-electron chi connectivity index (χ4n) is 3.33. The largest absolute Gasteiger partial charge is 0.492 e. The van der Waals surface area contributed by atoms with Crippen LogP contribution in [0.3, 0.4) is 0 Å². The maximum Gasteiger partial charge on any atom is 0.193 e. The minimum atomic E-state index is 0. The second kappa shape index (κ2) is 14.8. The van der Waals surface area contributed by atoms with Crippen LogP contribution in [0, 0.1) is 5.92 Å². The third-order valence-electron chi connectivity index (χ3n) is 4.97. The Balaban J connectivity index is 0.00000420. The molecule has 0 radical (unpaired) electrons. The summed E-state index contributed by atoms with van der Waals surface area (Å²) in [6.45, 7) is 6.73. The van der Waals surface area contributed by atoms with Gasteiger partial charge in [0.25, 0.3) is 0 Å². The maximum atomic E-state index is 5.91. The van der Waals surface area contributed by atoms with Gasteiger partial charge in [-0.2, -0.15) is 0 Å². The Kier molecular flexibility index (Phi) is 13.2. The normalized spacial score (nSPS) is 16.8. The number of methoxy groups -OCH3 is 2.